The number of terminal acetylenes is 1. The number of thiazole rings is 1. The second-order valence-corrected chi connectivity index (χ2v) is 6.45. The summed E-state index contributed by atoms with van der Waals surface area (Å²) in [4.78, 5) is 22.7. The number of aryl methyl sites for hydroxylation is 1. The number of guanidine groups is 1. The summed E-state index contributed by atoms with van der Waals surface area (Å²) in [6, 6.07) is 7.17. The van der Waals surface area contributed by atoms with E-state index in [2.05, 4.69) is 26.5 Å². The molecule has 0 fully saturated rings. The van der Waals surface area contributed by atoms with Gasteiger partial charge in [-0.3, -0.25) is 9.79 Å². The molecule has 0 bridgehead atoms. The van der Waals surface area contributed by atoms with E-state index >= 15 is 0 Å². The van der Waals surface area contributed by atoms with Crippen molar-refractivity contribution in [2.24, 2.45) is 4.99 Å². The molecule has 0 aliphatic rings. The van der Waals surface area contributed by atoms with Gasteiger partial charge >= 0.3 is 0 Å². The van der Waals surface area contributed by atoms with Gasteiger partial charge in [0.15, 0.2) is 5.96 Å². The Morgan fingerprint density at radius 2 is 2.23 bits per heavy atom. The molecule has 8 heteroatoms. The van der Waals surface area contributed by atoms with Crippen LogP contribution in [0.2, 0.25) is 0 Å². The maximum Gasteiger partial charge on any atom is 0.243 e. The number of carbonyl (C=O) groups excluding carboxylic acids is 1. The Labute approximate surface area is 175 Å². The second kappa shape index (κ2) is 10.8. The molecule has 6 nitrogen and oxygen atoms in total. The van der Waals surface area contributed by atoms with Gasteiger partial charge in [-0.2, -0.15) is 0 Å². The van der Waals surface area contributed by atoms with Gasteiger partial charge in [-0.15, -0.1) is 41.7 Å². The molecule has 0 spiro atoms. The molecule has 1 aromatic carbocycles. The summed E-state index contributed by atoms with van der Waals surface area (Å²) in [5.74, 6) is 2.99. The van der Waals surface area contributed by atoms with Crippen LogP contribution in [0.25, 0.3) is 0 Å². The van der Waals surface area contributed by atoms with Crippen LogP contribution in [0.5, 0.6) is 0 Å². The topological polar surface area (TPSA) is 69.6 Å². The Kier molecular flexibility index (Phi) is 9.09. The van der Waals surface area contributed by atoms with Gasteiger partial charge in [-0.25, -0.2) is 4.98 Å². The van der Waals surface area contributed by atoms with E-state index in [4.69, 9.17) is 6.42 Å². The molecule has 0 aliphatic carbocycles. The molecule has 2 aromatic rings. The van der Waals surface area contributed by atoms with Crippen molar-refractivity contribution >= 4 is 52.9 Å². The fourth-order valence-electron chi connectivity index (χ4n) is 2.23. The first-order valence-corrected chi connectivity index (χ1v) is 8.59. The summed E-state index contributed by atoms with van der Waals surface area (Å²) in [5.41, 5.74) is 2.37. The van der Waals surface area contributed by atoms with E-state index in [1.165, 1.54) is 0 Å². The number of halogens is 1. The van der Waals surface area contributed by atoms with Gasteiger partial charge < -0.3 is 15.5 Å². The highest BCUT2D eigenvalue weighted by Gasteiger charge is 2.10. The van der Waals surface area contributed by atoms with Crippen LogP contribution < -0.4 is 10.6 Å². The van der Waals surface area contributed by atoms with Gasteiger partial charge in [0, 0.05) is 30.7 Å². The first-order valence-electron chi connectivity index (χ1n) is 7.71. The monoisotopic (exact) mass is 483 g/mol. The number of anilines is 1. The molecular weight excluding hydrogens is 461 g/mol. The average molecular weight is 483 g/mol. The van der Waals surface area contributed by atoms with E-state index in [0.29, 0.717) is 18.2 Å². The number of aliphatic imine (C=N–C) groups is 1. The van der Waals surface area contributed by atoms with Crippen LogP contribution in [0.1, 0.15) is 16.3 Å². The normalized spacial score (nSPS) is 10.5. The molecule has 138 valence electrons. The van der Waals surface area contributed by atoms with Crippen LogP contribution in [0, 0.1) is 19.3 Å². The Morgan fingerprint density at radius 1 is 1.46 bits per heavy atom. The minimum atomic E-state index is -0.173. The second-order valence-electron chi connectivity index (χ2n) is 5.39. The van der Waals surface area contributed by atoms with E-state index in [9.17, 15) is 4.79 Å². The van der Waals surface area contributed by atoms with Gasteiger partial charge in [-0.1, -0.05) is 12.0 Å². The van der Waals surface area contributed by atoms with Gasteiger partial charge in [-0.05, 0) is 25.1 Å². The standard InChI is InChI=1S/C18H21N5OS.HI/c1-5-14-7-6-8-15(9-14)22-17(24)10-20-18(19-3)23(4)11-16-12-25-13(2)21-16;/h1,6-9,12H,10-11H2,2-4H3,(H,19,20)(H,22,24);1H. The van der Waals surface area contributed by atoms with Gasteiger partial charge in [0.25, 0.3) is 0 Å². The number of amides is 1. The van der Waals surface area contributed by atoms with Crippen molar-refractivity contribution in [2.45, 2.75) is 13.5 Å². The van der Waals surface area contributed by atoms with Crippen molar-refractivity contribution in [3.8, 4) is 12.3 Å². The molecule has 0 unspecified atom stereocenters. The van der Waals surface area contributed by atoms with Crippen LogP contribution in [-0.4, -0.2) is 42.4 Å². The lowest BCUT2D eigenvalue weighted by Gasteiger charge is -2.21. The highest BCUT2D eigenvalue weighted by atomic mass is 127. The number of nitrogens with zero attached hydrogens (tertiary/aromatic N) is 3. The number of nitrogens with one attached hydrogen (secondary N) is 2. The maximum absolute atomic E-state index is 12.1. The summed E-state index contributed by atoms with van der Waals surface area (Å²) < 4.78 is 0. The molecule has 1 amide bonds. The fourth-order valence-corrected chi connectivity index (χ4v) is 2.84. The molecule has 2 N–H and O–H groups in total. The molecule has 0 aliphatic heterocycles. The van der Waals surface area contributed by atoms with Crippen molar-refractivity contribution in [1.29, 1.82) is 0 Å². The van der Waals surface area contributed by atoms with Gasteiger partial charge in [0.05, 0.1) is 23.8 Å². The molecule has 0 saturated heterocycles. The summed E-state index contributed by atoms with van der Waals surface area (Å²) >= 11 is 1.61. The van der Waals surface area contributed by atoms with E-state index in [1.54, 1.807) is 36.6 Å². The zero-order valence-electron chi connectivity index (χ0n) is 14.9. The average Bonchev–Trinajstić information content (AvgIpc) is 3.00. The van der Waals surface area contributed by atoms with Crippen molar-refractivity contribution < 1.29 is 4.79 Å². The van der Waals surface area contributed by atoms with Crippen LogP contribution in [0.3, 0.4) is 0 Å². The SMILES string of the molecule is C#Cc1cccc(NC(=O)CNC(=NC)N(C)Cc2csc(C)n2)c1.I. The summed E-state index contributed by atoms with van der Waals surface area (Å²) in [6.45, 7) is 2.70. The van der Waals surface area contributed by atoms with Crippen LogP contribution in [0.4, 0.5) is 5.69 Å². The summed E-state index contributed by atoms with van der Waals surface area (Å²) in [6.07, 6.45) is 5.36. The Morgan fingerprint density at radius 3 is 2.85 bits per heavy atom. The van der Waals surface area contributed by atoms with Crippen molar-refractivity contribution in [1.82, 2.24) is 15.2 Å². The smallest absolute Gasteiger partial charge is 0.243 e. The molecule has 1 heterocycles. The lowest BCUT2D eigenvalue weighted by Crippen LogP contribution is -2.42. The van der Waals surface area contributed by atoms with Crippen LogP contribution in [-0.2, 0) is 11.3 Å². The maximum atomic E-state index is 12.1. The third kappa shape index (κ3) is 6.65. The van der Waals surface area contributed by atoms with Crippen LogP contribution >= 0.6 is 35.3 Å². The Hall–Kier alpha value is -2.12. The van der Waals surface area contributed by atoms with Gasteiger partial charge in [0.1, 0.15) is 0 Å². The molecule has 2 rings (SSSR count). The number of benzene rings is 1. The number of hydrogen-bond acceptors (Lipinski definition) is 4. The van der Waals surface area contributed by atoms with Crippen molar-refractivity contribution in [2.75, 3.05) is 26.0 Å². The highest BCUT2D eigenvalue weighted by Crippen LogP contribution is 2.10. The summed E-state index contributed by atoms with van der Waals surface area (Å²) in [7, 11) is 3.58. The predicted octanol–water partition coefficient (Wildman–Crippen LogP) is 2.70. The quantitative estimate of drug-likeness (QED) is 0.297. The molecule has 0 atom stereocenters. The van der Waals surface area contributed by atoms with Gasteiger partial charge in [0.2, 0.25) is 5.91 Å². The first kappa shape index (κ1) is 21.9. The lowest BCUT2D eigenvalue weighted by atomic mass is 10.2. The molecular formula is C18H22IN5OS. The number of aromatic nitrogens is 1. The molecule has 0 radical (unpaired) electrons. The third-order valence-corrected chi connectivity index (χ3v) is 4.18. The first-order chi connectivity index (χ1) is 12.0. The molecule has 1 aromatic heterocycles. The van der Waals surface area contributed by atoms with E-state index in [0.717, 1.165) is 16.3 Å². The van der Waals surface area contributed by atoms with Crippen molar-refractivity contribution in [3.05, 3.63) is 45.9 Å². The van der Waals surface area contributed by atoms with E-state index in [1.807, 2.05) is 30.3 Å². The highest BCUT2D eigenvalue weighted by molar-refractivity contribution is 14.0. The number of rotatable bonds is 5. The minimum Gasteiger partial charge on any atom is -0.347 e. The molecule has 26 heavy (non-hydrogen) atoms. The number of hydrogen-bond donors (Lipinski definition) is 2. The zero-order valence-corrected chi connectivity index (χ0v) is 18.1. The molecule has 0 saturated carbocycles. The Bertz CT molecular complexity index is 812. The largest absolute Gasteiger partial charge is 0.347 e. The number of carbonyl (C=O) groups is 1. The van der Waals surface area contributed by atoms with E-state index < -0.39 is 0 Å². The zero-order chi connectivity index (χ0) is 18.2. The third-order valence-electron chi connectivity index (χ3n) is 3.36. The lowest BCUT2D eigenvalue weighted by molar-refractivity contribution is -0.115. The van der Waals surface area contributed by atoms with Crippen LogP contribution in [0.15, 0.2) is 34.6 Å². The Balaban J connectivity index is 0.00000338. The summed E-state index contributed by atoms with van der Waals surface area (Å²) in [5, 5.41) is 8.90. The fraction of sp³-hybridized carbons (Fsp3) is 0.278. The predicted molar refractivity (Wildman–Crippen MR) is 118 cm³/mol. The van der Waals surface area contributed by atoms with Crippen molar-refractivity contribution in [3.63, 3.8) is 0 Å². The van der Waals surface area contributed by atoms with E-state index in [-0.39, 0.29) is 36.4 Å². The minimum absolute atomic E-state index is 0.